The van der Waals surface area contributed by atoms with Crippen LogP contribution in [-0.4, -0.2) is 5.11 Å². The smallest absolute Gasteiger partial charge is 0.181 e. The maximum absolute atomic E-state index is 9.17. The molecule has 0 radical (unpaired) electrons. The fourth-order valence-electron chi connectivity index (χ4n) is 0.940. The van der Waals surface area contributed by atoms with Gasteiger partial charge in [-0.3, -0.25) is 0 Å². The minimum atomic E-state index is 0.228. The van der Waals surface area contributed by atoms with E-state index in [-0.39, 0.29) is 5.75 Å². The highest BCUT2D eigenvalue weighted by atomic mass is 16.6. The highest BCUT2D eigenvalue weighted by Gasteiger charge is 2.24. The highest BCUT2D eigenvalue weighted by molar-refractivity contribution is 5.73. The lowest BCUT2D eigenvalue weighted by atomic mass is 10.2. The molecule has 0 aromatic heterocycles. The van der Waals surface area contributed by atoms with E-state index in [4.69, 9.17) is 4.74 Å². The van der Waals surface area contributed by atoms with E-state index in [0.29, 0.717) is 5.56 Å². The number of phenolic OH excluding ortho intramolecular Hbond substituents is 1. The molecule has 0 fully saturated rings. The summed E-state index contributed by atoms with van der Waals surface area (Å²) in [4.78, 5) is 0. The average Bonchev–Trinajstić information content (AvgIpc) is 2.66. The molecule has 1 heterocycles. The molecule has 0 bridgehead atoms. The molecular formula is C8H6O2. The summed E-state index contributed by atoms with van der Waals surface area (Å²) in [5, 5.41) is 9.17. The summed E-state index contributed by atoms with van der Waals surface area (Å²) in [5.41, 5.74) is 0.692. The molecular weight excluding hydrogens is 128 g/mol. The second kappa shape index (κ2) is 1.53. The van der Waals surface area contributed by atoms with Gasteiger partial charge in [-0.2, -0.15) is 0 Å². The van der Waals surface area contributed by atoms with Gasteiger partial charge in [0.05, 0.1) is 5.56 Å². The van der Waals surface area contributed by atoms with Crippen LogP contribution in [0.3, 0.4) is 0 Å². The van der Waals surface area contributed by atoms with Crippen molar-refractivity contribution in [3.63, 3.8) is 0 Å². The van der Waals surface area contributed by atoms with Gasteiger partial charge in [-0.25, -0.2) is 0 Å². The van der Waals surface area contributed by atoms with Gasteiger partial charge in [0.2, 0.25) is 0 Å². The first-order valence-electron chi connectivity index (χ1n) is 2.99. The van der Waals surface area contributed by atoms with Gasteiger partial charge in [-0.05, 0) is 12.1 Å². The van der Waals surface area contributed by atoms with Crippen LogP contribution < -0.4 is 4.74 Å². The average molecular weight is 134 g/mol. The largest absolute Gasteiger partial charge is 0.507 e. The lowest BCUT2D eigenvalue weighted by Gasteiger charge is -1.90. The van der Waals surface area contributed by atoms with Crippen molar-refractivity contribution in [2.75, 3.05) is 0 Å². The zero-order chi connectivity index (χ0) is 7.14. The fraction of sp³-hybridized carbons (Fsp3) is 0. The minimum Gasteiger partial charge on any atom is -0.507 e. The first kappa shape index (κ1) is 5.35. The van der Waals surface area contributed by atoms with E-state index in [1.54, 1.807) is 18.2 Å². The number of hydrogen-bond acceptors (Lipinski definition) is 2. The molecule has 2 rings (SSSR count). The maximum Gasteiger partial charge on any atom is 0.181 e. The second-order valence-electron chi connectivity index (χ2n) is 2.13. The Kier molecular flexibility index (Phi) is 0.822. The molecule has 2 nitrogen and oxygen atoms in total. The fourth-order valence-corrected chi connectivity index (χ4v) is 0.940. The molecule has 1 aromatic rings. The zero-order valence-corrected chi connectivity index (χ0v) is 5.29. The normalized spacial score (nSPS) is 11.6. The Hall–Kier alpha value is -1.44. The molecule has 1 N–H and O–H groups in total. The minimum absolute atomic E-state index is 0.228. The van der Waals surface area contributed by atoms with Crippen LogP contribution >= 0.6 is 0 Å². The van der Waals surface area contributed by atoms with E-state index < -0.39 is 0 Å². The third-order valence-electron chi connectivity index (χ3n) is 1.51. The first-order chi connectivity index (χ1) is 4.83. The molecule has 0 spiro atoms. The first-order valence-corrected chi connectivity index (χ1v) is 2.99. The predicted molar refractivity (Wildman–Crippen MR) is 38.3 cm³/mol. The number of benzene rings is 1. The SMILES string of the molecule is C=Cc1c(O)ccc2c1O2. The number of ether oxygens (including phenoxy) is 1. The Balaban J connectivity index is 2.67. The number of rotatable bonds is 1. The summed E-state index contributed by atoms with van der Waals surface area (Å²) in [6.07, 6.45) is 1.58. The Morgan fingerprint density at radius 2 is 2.30 bits per heavy atom. The highest BCUT2D eigenvalue weighted by Crippen LogP contribution is 2.51. The Morgan fingerprint density at radius 3 is 2.90 bits per heavy atom. The molecule has 0 amide bonds. The van der Waals surface area contributed by atoms with Crippen molar-refractivity contribution in [1.29, 1.82) is 0 Å². The molecule has 1 aliphatic heterocycles. The van der Waals surface area contributed by atoms with E-state index in [2.05, 4.69) is 6.58 Å². The lowest BCUT2D eigenvalue weighted by Crippen LogP contribution is -1.65. The quantitative estimate of drug-likeness (QED) is 0.606. The van der Waals surface area contributed by atoms with Crippen LogP contribution in [0, 0.1) is 0 Å². The number of fused-ring (bicyclic) bond motifs is 1. The summed E-state index contributed by atoms with van der Waals surface area (Å²) in [6.45, 7) is 3.55. The number of aromatic hydroxyl groups is 1. The summed E-state index contributed by atoms with van der Waals surface area (Å²) >= 11 is 0. The molecule has 1 aliphatic rings. The molecule has 50 valence electrons. The third-order valence-corrected chi connectivity index (χ3v) is 1.51. The van der Waals surface area contributed by atoms with E-state index in [0.717, 1.165) is 11.5 Å². The van der Waals surface area contributed by atoms with Crippen molar-refractivity contribution >= 4 is 6.08 Å². The molecule has 0 unspecified atom stereocenters. The summed E-state index contributed by atoms with van der Waals surface area (Å²) in [5.74, 6) is 1.83. The van der Waals surface area contributed by atoms with Gasteiger partial charge in [0, 0.05) is 0 Å². The Bertz CT molecular complexity index is 299. The zero-order valence-electron chi connectivity index (χ0n) is 5.29. The van der Waals surface area contributed by atoms with Crippen LogP contribution in [0.15, 0.2) is 18.7 Å². The van der Waals surface area contributed by atoms with Gasteiger partial charge in [-0.15, -0.1) is 0 Å². The van der Waals surface area contributed by atoms with Crippen molar-refractivity contribution < 1.29 is 9.84 Å². The number of phenols is 1. The van der Waals surface area contributed by atoms with Gasteiger partial charge in [0.1, 0.15) is 5.75 Å². The van der Waals surface area contributed by atoms with Gasteiger partial charge in [-0.1, -0.05) is 12.7 Å². The van der Waals surface area contributed by atoms with E-state index in [9.17, 15) is 5.11 Å². The van der Waals surface area contributed by atoms with Gasteiger partial charge in [0.15, 0.2) is 11.5 Å². The standard InChI is InChI=1S/C8H6O2/c1-2-5-6(9)3-4-7-8(5)10-7/h2-4,9H,1H2. The summed E-state index contributed by atoms with van der Waals surface area (Å²) in [7, 11) is 0. The Morgan fingerprint density at radius 1 is 1.50 bits per heavy atom. The van der Waals surface area contributed by atoms with E-state index >= 15 is 0 Å². The van der Waals surface area contributed by atoms with Crippen LogP contribution in [0.2, 0.25) is 0 Å². The molecule has 0 saturated heterocycles. The maximum atomic E-state index is 9.17. The van der Waals surface area contributed by atoms with Crippen LogP contribution in [0.4, 0.5) is 0 Å². The van der Waals surface area contributed by atoms with Crippen LogP contribution in [0.1, 0.15) is 5.56 Å². The van der Waals surface area contributed by atoms with Crippen molar-refractivity contribution in [3.8, 4) is 17.2 Å². The topological polar surface area (TPSA) is 32.8 Å². The van der Waals surface area contributed by atoms with E-state index in [1.165, 1.54) is 0 Å². The molecule has 2 heteroatoms. The molecule has 10 heavy (non-hydrogen) atoms. The summed E-state index contributed by atoms with van der Waals surface area (Å²) < 4.78 is 5.01. The Labute approximate surface area is 58.4 Å². The van der Waals surface area contributed by atoms with Crippen LogP contribution in [0.5, 0.6) is 17.2 Å². The lowest BCUT2D eigenvalue weighted by molar-refractivity contribution is 0.474. The third kappa shape index (κ3) is 0.530. The van der Waals surface area contributed by atoms with Crippen molar-refractivity contribution in [1.82, 2.24) is 0 Å². The molecule has 1 aromatic carbocycles. The van der Waals surface area contributed by atoms with Gasteiger partial charge in [0.25, 0.3) is 0 Å². The van der Waals surface area contributed by atoms with Crippen LogP contribution in [-0.2, 0) is 0 Å². The van der Waals surface area contributed by atoms with Crippen molar-refractivity contribution in [3.05, 3.63) is 24.3 Å². The second-order valence-corrected chi connectivity index (χ2v) is 2.13. The molecule has 0 saturated carbocycles. The van der Waals surface area contributed by atoms with Gasteiger partial charge >= 0.3 is 0 Å². The monoisotopic (exact) mass is 134 g/mol. The predicted octanol–water partition coefficient (Wildman–Crippen LogP) is 2.14. The van der Waals surface area contributed by atoms with Crippen LogP contribution in [0.25, 0.3) is 6.08 Å². The van der Waals surface area contributed by atoms with E-state index in [1.807, 2.05) is 0 Å². The number of hydrogen-bond donors (Lipinski definition) is 1. The van der Waals surface area contributed by atoms with Crippen molar-refractivity contribution in [2.45, 2.75) is 0 Å². The summed E-state index contributed by atoms with van der Waals surface area (Å²) in [6, 6.07) is 3.33. The molecule has 0 aliphatic carbocycles. The molecule has 0 atom stereocenters. The van der Waals surface area contributed by atoms with Crippen molar-refractivity contribution in [2.24, 2.45) is 0 Å². The van der Waals surface area contributed by atoms with Gasteiger partial charge < -0.3 is 9.84 Å².